The van der Waals surface area contributed by atoms with Gasteiger partial charge in [-0.3, -0.25) is 0 Å². The summed E-state index contributed by atoms with van der Waals surface area (Å²) in [7, 11) is 0. The van der Waals surface area contributed by atoms with Gasteiger partial charge in [0, 0.05) is 6.61 Å². The first-order chi connectivity index (χ1) is 17.8. The summed E-state index contributed by atoms with van der Waals surface area (Å²) in [6, 6.07) is 18.3. The maximum Gasteiger partial charge on any atom is 0.187 e. The lowest BCUT2D eigenvalue weighted by molar-refractivity contribution is -0.312. The maximum atomic E-state index is 10.9. The third-order valence-corrected chi connectivity index (χ3v) is 7.05. The van der Waals surface area contributed by atoms with Crippen LogP contribution in [0.3, 0.4) is 0 Å². The number of aliphatic hydroxyl groups is 3. The fraction of sp³-hybridized carbons (Fsp3) is 0.571. The molecule has 3 heterocycles. The molecule has 0 amide bonds. The van der Waals surface area contributed by atoms with Gasteiger partial charge in [-0.05, 0) is 37.0 Å². The van der Waals surface area contributed by atoms with E-state index in [1.807, 2.05) is 30.3 Å². The van der Waals surface area contributed by atoms with Crippen molar-refractivity contribution in [3.8, 4) is 11.1 Å². The second-order valence-electron chi connectivity index (χ2n) is 10.2. The summed E-state index contributed by atoms with van der Waals surface area (Å²) in [6.45, 7) is 4.11. The van der Waals surface area contributed by atoms with Crippen LogP contribution in [0.2, 0.25) is 0 Å². The Balaban J connectivity index is 1.13. The van der Waals surface area contributed by atoms with Crippen molar-refractivity contribution < 1.29 is 43.7 Å². The molecule has 3 N–H and O–H groups in total. The lowest BCUT2D eigenvalue weighted by Gasteiger charge is -2.42. The van der Waals surface area contributed by atoms with Crippen LogP contribution in [0.5, 0.6) is 0 Å². The average Bonchev–Trinajstić information content (AvgIpc) is 3.24. The van der Waals surface area contributed by atoms with Crippen molar-refractivity contribution in [2.24, 2.45) is 0 Å². The van der Waals surface area contributed by atoms with Crippen molar-refractivity contribution in [2.45, 2.75) is 81.7 Å². The molecule has 37 heavy (non-hydrogen) atoms. The van der Waals surface area contributed by atoms with Gasteiger partial charge in [0.1, 0.15) is 36.6 Å². The minimum absolute atomic E-state index is 0.185. The largest absolute Gasteiger partial charge is 0.394 e. The highest BCUT2D eigenvalue weighted by Gasteiger charge is 2.55. The summed E-state index contributed by atoms with van der Waals surface area (Å²) >= 11 is 0. The van der Waals surface area contributed by atoms with Gasteiger partial charge in [-0.2, -0.15) is 0 Å². The van der Waals surface area contributed by atoms with E-state index in [0.29, 0.717) is 19.6 Å². The Morgan fingerprint density at radius 3 is 2.32 bits per heavy atom. The lowest BCUT2D eigenvalue weighted by atomic mass is 9.98. The Morgan fingerprint density at radius 2 is 1.59 bits per heavy atom. The molecule has 3 saturated heterocycles. The summed E-state index contributed by atoms with van der Waals surface area (Å²) in [6.07, 6.45) is -6.06. The van der Waals surface area contributed by atoms with Gasteiger partial charge in [0.15, 0.2) is 12.1 Å². The number of benzene rings is 2. The third kappa shape index (κ3) is 6.06. The monoisotopic (exact) mass is 516 g/mol. The molecule has 0 aromatic heterocycles. The van der Waals surface area contributed by atoms with Crippen LogP contribution >= 0.6 is 0 Å². The smallest absolute Gasteiger partial charge is 0.187 e. The molecule has 3 aliphatic heterocycles. The minimum Gasteiger partial charge on any atom is -0.394 e. The van der Waals surface area contributed by atoms with Crippen LogP contribution in [-0.4, -0.2) is 89.9 Å². The standard InChI is InChI=1S/C28H36O9/c1-28(2)36-25-21(14-29)35-27(24(31)26(25)37-28)34-20-12-13-33-22(23(20)30)16-32-15-17-8-10-19(11-9-17)18-6-4-3-5-7-18/h3-11,20-27,29-31H,12-16H2,1-2H3/t20-,21-,22-,23-,24-,25+,26-,27-/m1/s1. The molecule has 0 aliphatic carbocycles. The van der Waals surface area contributed by atoms with Crippen molar-refractivity contribution in [1.29, 1.82) is 0 Å². The minimum atomic E-state index is -1.14. The summed E-state index contributed by atoms with van der Waals surface area (Å²) in [5, 5.41) is 31.6. The van der Waals surface area contributed by atoms with Crippen molar-refractivity contribution in [3.63, 3.8) is 0 Å². The van der Waals surface area contributed by atoms with E-state index in [1.54, 1.807) is 13.8 Å². The molecule has 9 heteroatoms. The normalized spacial score (nSPS) is 35.3. The highest BCUT2D eigenvalue weighted by molar-refractivity contribution is 5.63. The fourth-order valence-electron chi connectivity index (χ4n) is 5.14. The molecule has 0 radical (unpaired) electrons. The van der Waals surface area contributed by atoms with Gasteiger partial charge < -0.3 is 43.7 Å². The molecule has 0 unspecified atom stereocenters. The second kappa shape index (κ2) is 11.4. The highest BCUT2D eigenvalue weighted by atomic mass is 16.8. The van der Waals surface area contributed by atoms with E-state index in [1.165, 1.54) is 0 Å². The van der Waals surface area contributed by atoms with Crippen LogP contribution in [0, 0.1) is 0 Å². The van der Waals surface area contributed by atoms with Crippen molar-refractivity contribution in [3.05, 3.63) is 60.2 Å². The zero-order chi connectivity index (χ0) is 26.0. The Kier molecular flexibility index (Phi) is 8.25. The Hall–Kier alpha value is -1.92. The number of hydrogen-bond donors (Lipinski definition) is 3. The number of fused-ring (bicyclic) bond motifs is 1. The SMILES string of the molecule is CC1(C)O[C@@H]2[C@@H](O)[C@H](O[C@@H]3CCO[C@H](COCc4ccc(-c5ccccc5)cc4)[C@@H]3O)O[C@H](CO)[C@@H]2O1. The van der Waals surface area contributed by atoms with Crippen LogP contribution in [0.25, 0.3) is 11.1 Å². The average molecular weight is 517 g/mol. The quantitative estimate of drug-likeness (QED) is 0.485. The van der Waals surface area contributed by atoms with Gasteiger partial charge >= 0.3 is 0 Å². The number of ether oxygens (including phenoxy) is 6. The van der Waals surface area contributed by atoms with E-state index < -0.39 is 54.8 Å². The highest BCUT2D eigenvalue weighted by Crippen LogP contribution is 2.38. The Bertz CT molecular complexity index is 998. The van der Waals surface area contributed by atoms with Crippen LogP contribution in [-0.2, 0) is 35.0 Å². The Morgan fingerprint density at radius 1 is 0.892 bits per heavy atom. The molecule has 5 rings (SSSR count). The van der Waals surface area contributed by atoms with E-state index in [-0.39, 0.29) is 13.2 Å². The number of hydrogen-bond acceptors (Lipinski definition) is 9. The molecular weight excluding hydrogens is 480 g/mol. The number of aliphatic hydroxyl groups excluding tert-OH is 3. The molecule has 0 saturated carbocycles. The molecule has 0 spiro atoms. The molecule has 0 bridgehead atoms. The molecule has 2 aromatic carbocycles. The van der Waals surface area contributed by atoms with Gasteiger partial charge in [0.2, 0.25) is 0 Å². The first kappa shape index (κ1) is 26.7. The van der Waals surface area contributed by atoms with E-state index in [9.17, 15) is 15.3 Å². The topological polar surface area (TPSA) is 116 Å². The molecule has 9 nitrogen and oxygen atoms in total. The zero-order valence-electron chi connectivity index (χ0n) is 21.1. The predicted molar refractivity (Wildman–Crippen MR) is 132 cm³/mol. The van der Waals surface area contributed by atoms with Crippen molar-refractivity contribution in [2.75, 3.05) is 19.8 Å². The zero-order valence-corrected chi connectivity index (χ0v) is 21.1. The van der Waals surface area contributed by atoms with Crippen LogP contribution in [0.4, 0.5) is 0 Å². The fourth-order valence-corrected chi connectivity index (χ4v) is 5.14. The van der Waals surface area contributed by atoms with E-state index >= 15 is 0 Å². The lowest BCUT2D eigenvalue weighted by Crippen LogP contribution is -2.60. The molecule has 8 atom stereocenters. The summed E-state index contributed by atoms with van der Waals surface area (Å²) in [5.41, 5.74) is 3.31. The van der Waals surface area contributed by atoms with Gasteiger partial charge in [-0.1, -0.05) is 54.6 Å². The predicted octanol–water partition coefficient (Wildman–Crippen LogP) is 2.00. The van der Waals surface area contributed by atoms with Gasteiger partial charge in [0.05, 0.1) is 25.9 Å². The van der Waals surface area contributed by atoms with E-state index in [2.05, 4.69) is 24.3 Å². The van der Waals surface area contributed by atoms with Crippen LogP contribution < -0.4 is 0 Å². The first-order valence-electron chi connectivity index (χ1n) is 12.8. The Labute approximate surface area is 216 Å². The van der Waals surface area contributed by atoms with Crippen molar-refractivity contribution >= 4 is 0 Å². The maximum absolute atomic E-state index is 10.9. The van der Waals surface area contributed by atoms with Crippen molar-refractivity contribution in [1.82, 2.24) is 0 Å². The third-order valence-electron chi connectivity index (χ3n) is 7.05. The molecular formula is C28H36O9. The van der Waals surface area contributed by atoms with Gasteiger partial charge in [0.25, 0.3) is 0 Å². The summed E-state index contributed by atoms with van der Waals surface area (Å²) in [4.78, 5) is 0. The molecule has 202 valence electrons. The second-order valence-corrected chi connectivity index (χ2v) is 10.2. The van der Waals surface area contributed by atoms with Gasteiger partial charge in [-0.15, -0.1) is 0 Å². The van der Waals surface area contributed by atoms with Crippen LogP contribution in [0.1, 0.15) is 25.8 Å². The molecule has 3 fully saturated rings. The van der Waals surface area contributed by atoms with E-state index in [4.69, 9.17) is 28.4 Å². The number of rotatable bonds is 8. The molecule has 3 aliphatic rings. The van der Waals surface area contributed by atoms with Crippen LogP contribution in [0.15, 0.2) is 54.6 Å². The first-order valence-corrected chi connectivity index (χ1v) is 12.8. The molecule has 2 aromatic rings. The van der Waals surface area contributed by atoms with E-state index in [0.717, 1.165) is 16.7 Å². The summed E-state index contributed by atoms with van der Waals surface area (Å²) in [5.74, 6) is -0.912. The van der Waals surface area contributed by atoms with Gasteiger partial charge in [-0.25, -0.2) is 0 Å². The summed E-state index contributed by atoms with van der Waals surface area (Å²) < 4.78 is 35.1.